The molecule has 0 aliphatic heterocycles. The number of aromatic hydroxyl groups is 2. The van der Waals surface area contributed by atoms with E-state index in [9.17, 15) is 9.32 Å². The summed E-state index contributed by atoms with van der Waals surface area (Å²) in [6, 6.07) is 12.9. The van der Waals surface area contributed by atoms with Crippen molar-refractivity contribution in [2.45, 2.75) is 9.79 Å². The van der Waals surface area contributed by atoms with Crippen LogP contribution in [0.5, 0.6) is 11.5 Å². The third-order valence-corrected chi connectivity index (χ3v) is 3.54. The molecule has 0 bridgehead atoms. The van der Waals surface area contributed by atoms with Crippen LogP contribution < -0.4 is 0 Å². The summed E-state index contributed by atoms with van der Waals surface area (Å²) in [6.07, 6.45) is 0. The minimum atomic E-state index is -1.43. The minimum absolute atomic E-state index is 0.0497. The predicted octanol–water partition coefficient (Wildman–Crippen LogP) is 2.26. The van der Waals surface area contributed by atoms with E-state index in [1.54, 1.807) is 24.3 Å². The smallest absolute Gasteiger partial charge is 0.135 e. The molecule has 2 rings (SSSR count). The fourth-order valence-electron chi connectivity index (χ4n) is 1.33. The Hall–Kier alpha value is -1.81. The highest BCUT2D eigenvalue weighted by Gasteiger charge is 2.11. The lowest BCUT2D eigenvalue weighted by molar-refractivity contribution is 0.441. The molecule has 82 valence electrons. The molecule has 0 aliphatic rings. The number of hydrogen-bond acceptors (Lipinski definition) is 3. The molecule has 0 aliphatic carbocycles. The highest BCUT2D eigenvalue weighted by molar-refractivity contribution is 7.85. The first-order valence-corrected chi connectivity index (χ1v) is 5.82. The number of hydrogen-bond donors (Lipinski definition) is 2. The van der Waals surface area contributed by atoms with Gasteiger partial charge >= 0.3 is 0 Å². The number of benzene rings is 2. The van der Waals surface area contributed by atoms with E-state index in [0.29, 0.717) is 9.79 Å². The second-order valence-corrected chi connectivity index (χ2v) is 4.68. The van der Waals surface area contributed by atoms with Crippen molar-refractivity contribution in [2.24, 2.45) is 0 Å². The average Bonchev–Trinajstić information content (AvgIpc) is 2.29. The lowest BCUT2D eigenvalue weighted by atomic mass is 10.3. The van der Waals surface area contributed by atoms with E-state index in [4.69, 9.17) is 5.11 Å². The molecular weight excluding hydrogens is 224 g/mol. The molecule has 0 fully saturated rings. The Balaban J connectivity index is 2.42. The van der Waals surface area contributed by atoms with E-state index in [1.807, 2.05) is 6.07 Å². The monoisotopic (exact) mass is 234 g/mol. The molecule has 2 aromatic rings. The van der Waals surface area contributed by atoms with Gasteiger partial charge in [0.2, 0.25) is 0 Å². The lowest BCUT2D eigenvalue weighted by Crippen LogP contribution is -1.92. The third kappa shape index (κ3) is 2.06. The van der Waals surface area contributed by atoms with Gasteiger partial charge in [0.25, 0.3) is 0 Å². The van der Waals surface area contributed by atoms with Crippen molar-refractivity contribution in [1.82, 2.24) is 0 Å². The SMILES string of the molecule is O=S(c1ccccc1)c1ccc(O)cc1O. The third-order valence-electron chi connectivity index (χ3n) is 2.10. The van der Waals surface area contributed by atoms with E-state index in [-0.39, 0.29) is 11.5 Å². The van der Waals surface area contributed by atoms with Crippen molar-refractivity contribution in [3.63, 3.8) is 0 Å². The van der Waals surface area contributed by atoms with Gasteiger partial charge in [0, 0.05) is 11.0 Å². The summed E-state index contributed by atoms with van der Waals surface area (Å²) in [4.78, 5) is 0.910. The fourth-order valence-corrected chi connectivity index (χ4v) is 2.43. The topological polar surface area (TPSA) is 57.5 Å². The van der Waals surface area contributed by atoms with Crippen LogP contribution in [0.4, 0.5) is 0 Å². The summed E-state index contributed by atoms with van der Waals surface area (Å²) in [7, 11) is -1.43. The summed E-state index contributed by atoms with van der Waals surface area (Å²) in [5.74, 6) is -0.214. The Morgan fingerprint density at radius 3 is 2.25 bits per heavy atom. The largest absolute Gasteiger partial charge is 0.508 e. The second-order valence-electron chi connectivity index (χ2n) is 3.23. The zero-order valence-corrected chi connectivity index (χ0v) is 9.15. The van der Waals surface area contributed by atoms with Gasteiger partial charge in [-0.1, -0.05) is 18.2 Å². The highest BCUT2D eigenvalue weighted by atomic mass is 32.2. The van der Waals surface area contributed by atoms with Crippen molar-refractivity contribution in [3.8, 4) is 11.5 Å². The zero-order valence-electron chi connectivity index (χ0n) is 8.33. The van der Waals surface area contributed by atoms with Crippen molar-refractivity contribution in [1.29, 1.82) is 0 Å². The molecule has 1 unspecified atom stereocenters. The zero-order chi connectivity index (χ0) is 11.5. The second kappa shape index (κ2) is 4.37. The summed E-state index contributed by atoms with van der Waals surface area (Å²) in [5, 5.41) is 18.7. The molecule has 0 spiro atoms. The summed E-state index contributed by atoms with van der Waals surface area (Å²) < 4.78 is 12.0. The maximum absolute atomic E-state index is 12.0. The minimum Gasteiger partial charge on any atom is -0.508 e. The lowest BCUT2D eigenvalue weighted by Gasteiger charge is -2.04. The summed E-state index contributed by atoms with van der Waals surface area (Å²) >= 11 is 0. The molecule has 0 saturated carbocycles. The van der Waals surface area contributed by atoms with Crippen LogP contribution in [0.25, 0.3) is 0 Å². The molecular formula is C12H10O3S. The highest BCUT2D eigenvalue weighted by Crippen LogP contribution is 2.28. The Morgan fingerprint density at radius 2 is 1.62 bits per heavy atom. The Bertz CT molecular complexity index is 523. The van der Waals surface area contributed by atoms with Gasteiger partial charge < -0.3 is 10.2 Å². The maximum atomic E-state index is 12.0. The normalized spacial score (nSPS) is 12.2. The van der Waals surface area contributed by atoms with Gasteiger partial charge in [-0.05, 0) is 24.3 Å². The first-order valence-electron chi connectivity index (χ1n) is 4.67. The van der Waals surface area contributed by atoms with Crippen molar-refractivity contribution >= 4 is 10.8 Å². The molecule has 0 amide bonds. The molecule has 1 atom stereocenters. The van der Waals surface area contributed by atoms with Gasteiger partial charge in [-0.2, -0.15) is 0 Å². The fraction of sp³-hybridized carbons (Fsp3) is 0. The van der Waals surface area contributed by atoms with E-state index >= 15 is 0 Å². The molecule has 0 saturated heterocycles. The predicted molar refractivity (Wildman–Crippen MR) is 60.9 cm³/mol. The maximum Gasteiger partial charge on any atom is 0.135 e. The molecule has 2 N–H and O–H groups in total. The molecule has 16 heavy (non-hydrogen) atoms. The molecule has 0 radical (unpaired) electrons. The van der Waals surface area contributed by atoms with E-state index in [2.05, 4.69) is 0 Å². The summed E-state index contributed by atoms with van der Waals surface area (Å²) in [6.45, 7) is 0. The van der Waals surface area contributed by atoms with Crippen LogP contribution in [0.2, 0.25) is 0 Å². The number of phenolic OH excluding ortho intramolecular Hbond substituents is 2. The number of rotatable bonds is 2. The van der Waals surface area contributed by atoms with Gasteiger partial charge in [-0.15, -0.1) is 0 Å². The van der Waals surface area contributed by atoms with Gasteiger partial charge in [0.15, 0.2) is 0 Å². The Labute approximate surface area is 95.5 Å². The van der Waals surface area contributed by atoms with E-state index < -0.39 is 10.8 Å². The van der Waals surface area contributed by atoms with Crippen molar-refractivity contribution < 1.29 is 14.4 Å². The van der Waals surface area contributed by atoms with Crippen molar-refractivity contribution in [2.75, 3.05) is 0 Å². The van der Waals surface area contributed by atoms with Crippen LogP contribution in [0.1, 0.15) is 0 Å². The van der Waals surface area contributed by atoms with E-state index in [1.165, 1.54) is 18.2 Å². The Kier molecular flexibility index (Phi) is 2.92. The number of phenols is 2. The first kappa shape index (κ1) is 10.7. The molecule has 0 heterocycles. The average molecular weight is 234 g/mol. The van der Waals surface area contributed by atoms with Crippen LogP contribution in [0.3, 0.4) is 0 Å². The first-order chi connectivity index (χ1) is 7.68. The Morgan fingerprint density at radius 1 is 0.938 bits per heavy atom. The molecule has 4 heteroatoms. The van der Waals surface area contributed by atoms with Gasteiger partial charge in [-0.25, -0.2) is 4.21 Å². The molecule has 3 nitrogen and oxygen atoms in total. The van der Waals surface area contributed by atoms with Crippen LogP contribution >= 0.6 is 0 Å². The summed E-state index contributed by atoms with van der Waals surface area (Å²) in [5.41, 5.74) is 0. The quantitative estimate of drug-likeness (QED) is 0.838. The van der Waals surface area contributed by atoms with Crippen LogP contribution in [0, 0.1) is 0 Å². The van der Waals surface area contributed by atoms with E-state index in [0.717, 1.165) is 0 Å². The van der Waals surface area contributed by atoms with Crippen molar-refractivity contribution in [3.05, 3.63) is 48.5 Å². The van der Waals surface area contributed by atoms with Crippen LogP contribution in [-0.2, 0) is 10.8 Å². The standard InChI is InChI=1S/C12H10O3S/c13-9-6-7-12(11(14)8-9)16(15)10-4-2-1-3-5-10/h1-8,13-14H. The molecule has 2 aromatic carbocycles. The van der Waals surface area contributed by atoms with Gasteiger partial charge in [-0.3, -0.25) is 0 Å². The van der Waals surface area contributed by atoms with Gasteiger partial charge in [0.1, 0.15) is 11.5 Å². The van der Waals surface area contributed by atoms with Gasteiger partial charge in [0.05, 0.1) is 15.7 Å². The van der Waals surface area contributed by atoms with Crippen LogP contribution in [-0.4, -0.2) is 14.4 Å². The molecule has 0 aromatic heterocycles. The van der Waals surface area contributed by atoms with Crippen LogP contribution in [0.15, 0.2) is 58.3 Å².